The fourth-order valence-corrected chi connectivity index (χ4v) is 2.14. The van der Waals surface area contributed by atoms with Crippen LogP contribution in [-0.2, 0) is 6.18 Å². The molecule has 0 nitrogen and oxygen atoms in total. The van der Waals surface area contributed by atoms with Crippen LogP contribution in [0.15, 0.2) is 18.2 Å². The molecule has 0 spiro atoms. The molecule has 14 heavy (non-hydrogen) atoms. The molecule has 0 aliphatic carbocycles. The van der Waals surface area contributed by atoms with Crippen molar-refractivity contribution in [3.8, 4) is 0 Å². The molecule has 0 aliphatic rings. The highest BCUT2D eigenvalue weighted by Crippen LogP contribution is 2.38. The molecular weight excluding hydrogens is 209 g/mol. The van der Waals surface area contributed by atoms with Gasteiger partial charge in [-0.3, -0.25) is 0 Å². The van der Waals surface area contributed by atoms with Crippen molar-refractivity contribution in [2.45, 2.75) is 13.1 Å². The quantitative estimate of drug-likeness (QED) is 0.622. The molecule has 2 aromatic rings. The molecule has 0 unspecified atom stereocenters. The summed E-state index contributed by atoms with van der Waals surface area (Å²) in [5, 5.41) is 2.55. The van der Waals surface area contributed by atoms with E-state index in [0.29, 0.717) is 4.70 Å². The van der Waals surface area contributed by atoms with Gasteiger partial charge in [0.15, 0.2) is 0 Å². The van der Waals surface area contributed by atoms with Crippen LogP contribution in [0.2, 0.25) is 0 Å². The van der Waals surface area contributed by atoms with E-state index in [4.69, 9.17) is 0 Å². The van der Waals surface area contributed by atoms with Crippen LogP contribution in [0.3, 0.4) is 0 Å². The van der Waals surface area contributed by atoms with E-state index in [9.17, 15) is 13.2 Å². The van der Waals surface area contributed by atoms with Crippen LogP contribution in [0.25, 0.3) is 10.1 Å². The van der Waals surface area contributed by atoms with E-state index in [0.717, 1.165) is 16.9 Å². The maximum absolute atomic E-state index is 12.5. The summed E-state index contributed by atoms with van der Waals surface area (Å²) in [5.41, 5.74) is 0.177. The maximum atomic E-state index is 12.5. The van der Waals surface area contributed by atoms with Crippen molar-refractivity contribution in [1.82, 2.24) is 0 Å². The minimum Gasteiger partial charge on any atom is -0.166 e. The highest BCUT2D eigenvalue weighted by Gasteiger charge is 2.33. The van der Waals surface area contributed by atoms with E-state index >= 15 is 0 Å². The van der Waals surface area contributed by atoms with Gasteiger partial charge in [0.1, 0.15) is 0 Å². The molecule has 0 bridgehead atoms. The molecule has 0 saturated heterocycles. The van der Waals surface area contributed by atoms with Gasteiger partial charge in [-0.05, 0) is 19.1 Å². The Morgan fingerprint density at radius 3 is 2.64 bits per heavy atom. The number of aryl methyl sites for hydroxylation is 1. The minimum atomic E-state index is -4.30. The van der Waals surface area contributed by atoms with Crippen molar-refractivity contribution in [2.75, 3.05) is 0 Å². The van der Waals surface area contributed by atoms with Gasteiger partial charge in [0, 0.05) is 10.1 Å². The number of thiophene rings is 1. The molecule has 0 aliphatic heterocycles. The fraction of sp³-hybridized carbons (Fsp3) is 0.200. The highest BCUT2D eigenvalue weighted by atomic mass is 32.1. The van der Waals surface area contributed by atoms with Gasteiger partial charge in [0.2, 0.25) is 0 Å². The first-order chi connectivity index (χ1) is 6.48. The maximum Gasteiger partial charge on any atom is 0.418 e. The summed E-state index contributed by atoms with van der Waals surface area (Å²) in [6, 6.07) is 5.04. The number of hydrogen-bond acceptors (Lipinski definition) is 1. The van der Waals surface area contributed by atoms with Gasteiger partial charge >= 0.3 is 6.18 Å². The average molecular weight is 215 g/mol. The molecule has 0 fully saturated rings. The van der Waals surface area contributed by atoms with Crippen molar-refractivity contribution < 1.29 is 13.2 Å². The third-order valence-electron chi connectivity index (χ3n) is 1.95. The van der Waals surface area contributed by atoms with Gasteiger partial charge in [-0.15, -0.1) is 11.3 Å². The predicted octanol–water partition coefficient (Wildman–Crippen LogP) is 4.03. The van der Waals surface area contributed by atoms with Crippen LogP contribution < -0.4 is 0 Å². The Morgan fingerprint density at radius 2 is 2.00 bits per heavy atom. The first-order valence-electron chi connectivity index (χ1n) is 3.96. The van der Waals surface area contributed by atoms with Crippen molar-refractivity contribution in [1.29, 1.82) is 0 Å². The summed E-state index contributed by atoms with van der Waals surface area (Å²) in [6.07, 6.45) is -4.30. The third kappa shape index (κ3) is 1.50. The molecule has 0 atom stereocenters. The summed E-state index contributed by atoms with van der Waals surface area (Å²) in [6.45, 7) is 1.78. The zero-order valence-corrected chi connectivity index (χ0v) is 8.09. The summed E-state index contributed by atoms with van der Waals surface area (Å²) in [5.74, 6) is 0. The molecule has 0 saturated carbocycles. The smallest absolute Gasteiger partial charge is 0.166 e. The Morgan fingerprint density at radius 1 is 1.29 bits per heavy atom. The highest BCUT2D eigenvalue weighted by molar-refractivity contribution is 7.16. The second kappa shape index (κ2) is 2.98. The molecule has 0 amide bonds. The van der Waals surface area contributed by atoms with Crippen LogP contribution in [-0.4, -0.2) is 0 Å². The van der Waals surface area contributed by atoms with Crippen LogP contribution in [0.5, 0.6) is 0 Å². The van der Waals surface area contributed by atoms with Crippen molar-refractivity contribution >= 4 is 21.4 Å². The van der Waals surface area contributed by atoms with Gasteiger partial charge < -0.3 is 0 Å². The minimum absolute atomic E-state index is 0.252. The Labute approximate surface area is 83.0 Å². The van der Waals surface area contributed by atoms with Gasteiger partial charge in [0.05, 0.1) is 10.9 Å². The number of benzene rings is 1. The van der Waals surface area contributed by atoms with E-state index in [1.807, 2.05) is 0 Å². The van der Waals surface area contributed by atoms with Gasteiger partial charge in [-0.1, -0.05) is 11.6 Å². The zero-order chi connectivity index (χ0) is 10.3. The number of fused-ring (bicyclic) bond motifs is 1. The fourth-order valence-electron chi connectivity index (χ4n) is 1.30. The Hall–Kier alpha value is -1.03. The number of rotatable bonds is 0. The number of alkyl halides is 3. The molecule has 1 heterocycles. The van der Waals surface area contributed by atoms with Crippen LogP contribution in [0, 0.1) is 12.3 Å². The monoisotopic (exact) mass is 215 g/mol. The lowest BCUT2D eigenvalue weighted by atomic mass is 10.1. The molecule has 0 N–H and O–H groups in total. The largest absolute Gasteiger partial charge is 0.418 e. The van der Waals surface area contributed by atoms with Crippen LogP contribution in [0.1, 0.15) is 11.1 Å². The second-order valence-corrected chi connectivity index (χ2v) is 3.92. The molecule has 1 radical (unpaired) electrons. The molecular formula is C10H6F3S. The van der Waals surface area contributed by atoms with E-state index in [1.54, 1.807) is 25.1 Å². The Balaban J connectivity index is 2.73. The Kier molecular flexibility index (Phi) is 2.03. The van der Waals surface area contributed by atoms with Gasteiger partial charge in [0.25, 0.3) is 0 Å². The second-order valence-electron chi connectivity index (χ2n) is 3.08. The lowest BCUT2D eigenvalue weighted by Crippen LogP contribution is -2.03. The van der Waals surface area contributed by atoms with Gasteiger partial charge in [-0.25, -0.2) is 0 Å². The van der Waals surface area contributed by atoms with Crippen LogP contribution >= 0.6 is 11.3 Å². The predicted molar refractivity (Wildman–Crippen MR) is 50.4 cm³/mol. The Bertz CT molecular complexity index is 468. The standard InChI is InChI=1S/C10H6F3S/c1-6-2-3-9-7(4-6)8(5-14-9)10(11,12)13/h2-4H,1H3. The van der Waals surface area contributed by atoms with Crippen LogP contribution in [0.4, 0.5) is 13.2 Å². The molecule has 1 aromatic carbocycles. The lowest BCUT2D eigenvalue weighted by Gasteiger charge is -2.03. The molecule has 2 rings (SSSR count). The summed E-state index contributed by atoms with van der Waals surface area (Å²) < 4.78 is 38.0. The third-order valence-corrected chi connectivity index (χ3v) is 2.83. The SMILES string of the molecule is Cc1ccc2s[c]c(C(F)(F)F)c2c1. The molecule has 1 aromatic heterocycles. The normalized spacial score (nSPS) is 12.3. The summed E-state index contributed by atoms with van der Waals surface area (Å²) in [7, 11) is 0. The van der Waals surface area contributed by atoms with E-state index < -0.39 is 11.7 Å². The van der Waals surface area contributed by atoms with Crippen molar-refractivity contribution in [3.63, 3.8) is 0 Å². The number of hydrogen-bond donors (Lipinski definition) is 0. The summed E-state index contributed by atoms with van der Waals surface area (Å²) in [4.78, 5) is 0. The van der Waals surface area contributed by atoms with Crippen molar-refractivity contribution in [2.24, 2.45) is 0 Å². The van der Waals surface area contributed by atoms with E-state index in [-0.39, 0.29) is 5.39 Å². The summed E-state index contributed by atoms with van der Waals surface area (Å²) >= 11 is 1.00. The van der Waals surface area contributed by atoms with Gasteiger partial charge in [-0.2, -0.15) is 13.2 Å². The first-order valence-corrected chi connectivity index (χ1v) is 4.78. The first kappa shape index (κ1) is 9.52. The van der Waals surface area contributed by atoms with Crippen molar-refractivity contribution in [3.05, 3.63) is 34.7 Å². The van der Waals surface area contributed by atoms with E-state index in [2.05, 4.69) is 5.38 Å². The average Bonchev–Trinajstić information content (AvgIpc) is 2.45. The topological polar surface area (TPSA) is 0 Å². The number of halogens is 3. The molecule has 73 valence electrons. The molecule has 4 heteroatoms. The lowest BCUT2D eigenvalue weighted by molar-refractivity contribution is -0.136. The zero-order valence-electron chi connectivity index (χ0n) is 7.27. The van der Waals surface area contributed by atoms with E-state index in [1.165, 1.54) is 0 Å².